The van der Waals surface area contributed by atoms with Crippen molar-refractivity contribution in [2.45, 2.75) is 58.0 Å². The zero-order chi connectivity index (χ0) is 25.7. The Morgan fingerprint density at radius 3 is 2.72 bits per heavy atom. The van der Waals surface area contributed by atoms with Crippen LogP contribution in [0.15, 0.2) is 52.4 Å². The number of esters is 1. The van der Waals surface area contributed by atoms with Crippen LogP contribution in [-0.2, 0) is 9.53 Å². The molecule has 1 atom stereocenters. The Kier molecular flexibility index (Phi) is 7.72. The number of rotatable bonds is 8. The van der Waals surface area contributed by atoms with Crippen molar-refractivity contribution in [1.82, 2.24) is 9.66 Å². The molecule has 1 aliphatic rings. The number of nitro benzene ring substituents is 1. The molecule has 10 nitrogen and oxygen atoms in total. The van der Waals surface area contributed by atoms with Crippen molar-refractivity contribution < 1.29 is 19.2 Å². The van der Waals surface area contributed by atoms with Crippen LogP contribution in [0.5, 0.6) is 5.75 Å². The van der Waals surface area contributed by atoms with Crippen molar-refractivity contribution in [3.8, 4) is 5.75 Å². The molecule has 1 aliphatic carbocycles. The number of carbonyl (C=O) groups is 1. The Bertz CT molecular complexity index is 1360. The highest BCUT2D eigenvalue weighted by molar-refractivity contribution is 5.82. The van der Waals surface area contributed by atoms with Crippen molar-refractivity contribution >= 4 is 28.8 Å². The molecule has 1 saturated carbocycles. The van der Waals surface area contributed by atoms with E-state index in [1.165, 1.54) is 29.9 Å². The van der Waals surface area contributed by atoms with Gasteiger partial charge in [0.15, 0.2) is 11.9 Å². The summed E-state index contributed by atoms with van der Waals surface area (Å²) in [4.78, 5) is 41.0. The first-order valence-corrected chi connectivity index (χ1v) is 12.1. The summed E-state index contributed by atoms with van der Waals surface area (Å²) in [7, 11) is 0. The summed E-state index contributed by atoms with van der Waals surface area (Å²) in [6.45, 7) is 3.30. The molecule has 2 aromatic carbocycles. The molecule has 3 aromatic rings. The van der Waals surface area contributed by atoms with Crippen LogP contribution >= 0.6 is 0 Å². The van der Waals surface area contributed by atoms with E-state index in [9.17, 15) is 19.7 Å². The highest BCUT2D eigenvalue weighted by Gasteiger charge is 2.24. The minimum absolute atomic E-state index is 0.0647. The predicted molar refractivity (Wildman–Crippen MR) is 135 cm³/mol. The molecule has 0 unspecified atom stereocenters. The molecule has 0 amide bonds. The summed E-state index contributed by atoms with van der Waals surface area (Å²) in [5, 5.41) is 16.6. The Morgan fingerprint density at radius 2 is 2.00 bits per heavy atom. The standard InChI is InChI=1S/C26H28N4O6/c1-3-35-26(32)17(2)36-23-14-13-18(15-22(23)30(33)34)16-27-29-24(19-9-5-4-6-10-19)28-21-12-8-7-11-20(21)25(29)31/h7-8,11-17,19H,3-6,9-10H2,1-2H3/t17-/m1/s1. The summed E-state index contributed by atoms with van der Waals surface area (Å²) >= 11 is 0. The van der Waals surface area contributed by atoms with Gasteiger partial charge in [0.2, 0.25) is 0 Å². The van der Waals surface area contributed by atoms with E-state index >= 15 is 0 Å². The summed E-state index contributed by atoms with van der Waals surface area (Å²) in [6.07, 6.45) is 5.53. The van der Waals surface area contributed by atoms with Crippen LogP contribution < -0.4 is 10.3 Å². The quantitative estimate of drug-likeness (QED) is 0.195. The highest BCUT2D eigenvalue weighted by atomic mass is 16.6. The molecule has 1 heterocycles. The fourth-order valence-corrected chi connectivity index (χ4v) is 4.36. The van der Waals surface area contributed by atoms with Gasteiger partial charge in [0.1, 0.15) is 5.82 Å². The maximum absolute atomic E-state index is 13.3. The second-order valence-corrected chi connectivity index (χ2v) is 8.68. The Hall–Kier alpha value is -4.08. The van der Waals surface area contributed by atoms with Gasteiger partial charge in [-0.05, 0) is 51.0 Å². The largest absolute Gasteiger partial charge is 0.472 e. The fraction of sp³-hybridized carbons (Fsp3) is 0.385. The SMILES string of the molecule is CCOC(=O)[C@@H](C)Oc1ccc(C=Nn2c(C3CCCCC3)nc3ccccc3c2=O)cc1[N+](=O)[O-]. The van der Waals surface area contributed by atoms with Crippen molar-refractivity contribution in [2.24, 2.45) is 5.10 Å². The smallest absolute Gasteiger partial charge is 0.347 e. The third-order valence-corrected chi connectivity index (χ3v) is 6.17. The number of nitro groups is 1. The van der Waals surface area contributed by atoms with Crippen molar-refractivity contribution in [2.75, 3.05) is 6.61 Å². The molecule has 0 aliphatic heterocycles. The number of benzene rings is 2. The Balaban J connectivity index is 1.70. The number of ether oxygens (including phenoxy) is 2. The Morgan fingerprint density at radius 1 is 1.25 bits per heavy atom. The second kappa shape index (κ2) is 11.1. The van der Waals surface area contributed by atoms with Gasteiger partial charge in [-0.15, -0.1) is 0 Å². The first kappa shape index (κ1) is 25.0. The maximum Gasteiger partial charge on any atom is 0.347 e. The van der Waals surface area contributed by atoms with E-state index in [0.717, 1.165) is 32.1 Å². The van der Waals surface area contributed by atoms with E-state index in [1.54, 1.807) is 25.1 Å². The van der Waals surface area contributed by atoms with Crippen LogP contribution in [0.3, 0.4) is 0 Å². The van der Waals surface area contributed by atoms with E-state index in [-0.39, 0.29) is 29.5 Å². The zero-order valence-corrected chi connectivity index (χ0v) is 20.3. The van der Waals surface area contributed by atoms with Crippen LogP contribution in [0.1, 0.15) is 63.3 Å². The number of para-hydroxylation sites is 1. The van der Waals surface area contributed by atoms with Crippen LogP contribution in [-0.4, -0.2) is 39.5 Å². The minimum Gasteiger partial charge on any atom is -0.472 e. The van der Waals surface area contributed by atoms with Gasteiger partial charge in [-0.1, -0.05) is 31.4 Å². The lowest BCUT2D eigenvalue weighted by Crippen LogP contribution is -2.26. The van der Waals surface area contributed by atoms with Crippen molar-refractivity contribution in [1.29, 1.82) is 0 Å². The van der Waals surface area contributed by atoms with E-state index in [4.69, 9.17) is 14.5 Å². The molecule has 0 spiro atoms. The first-order valence-electron chi connectivity index (χ1n) is 12.1. The van der Waals surface area contributed by atoms with Gasteiger partial charge >= 0.3 is 11.7 Å². The fourth-order valence-electron chi connectivity index (χ4n) is 4.36. The molecule has 4 rings (SSSR count). The topological polar surface area (TPSA) is 126 Å². The molecule has 1 aromatic heterocycles. The number of nitrogens with zero attached hydrogens (tertiary/aromatic N) is 4. The summed E-state index contributed by atoms with van der Waals surface area (Å²) in [5.41, 5.74) is 0.414. The zero-order valence-electron chi connectivity index (χ0n) is 20.3. The maximum atomic E-state index is 13.3. The van der Waals surface area contributed by atoms with Gasteiger partial charge in [-0.25, -0.2) is 9.78 Å². The molecular formula is C26H28N4O6. The molecule has 10 heteroatoms. The van der Waals surface area contributed by atoms with E-state index in [2.05, 4.69) is 5.10 Å². The third-order valence-electron chi connectivity index (χ3n) is 6.17. The lowest BCUT2D eigenvalue weighted by molar-refractivity contribution is -0.386. The van der Waals surface area contributed by atoms with E-state index in [0.29, 0.717) is 22.3 Å². The van der Waals surface area contributed by atoms with Crippen molar-refractivity contribution in [3.05, 3.63) is 74.3 Å². The van der Waals surface area contributed by atoms with Gasteiger partial charge in [-0.2, -0.15) is 9.78 Å². The van der Waals surface area contributed by atoms with Crippen LogP contribution in [0.25, 0.3) is 10.9 Å². The van der Waals surface area contributed by atoms with Crippen molar-refractivity contribution in [3.63, 3.8) is 0 Å². The minimum atomic E-state index is -1.01. The van der Waals surface area contributed by atoms with E-state index < -0.39 is 17.0 Å². The third kappa shape index (κ3) is 5.42. The normalized spacial score (nSPS) is 15.2. The number of hydrogen-bond donors (Lipinski definition) is 0. The molecule has 0 saturated heterocycles. The molecule has 0 radical (unpaired) electrons. The molecule has 0 bridgehead atoms. The number of fused-ring (bicyclic) bond motifs is 1. The highest BCUT2D eigenvalue weighted by Crippen LogP contribution is 2.32. The molecule has 1 fully saturated rings. The monoisotopic (exact) mass is 492 g/mol. The van der Waals surface area contributed by atoms with Gasteiger partial charge in [0, 0.05) is 17.5 Å². The van der Waals surface area contributed by atoms with Gasteiger partial charge in [-0.3, -0.25) is 14.9 Å². The second-order valence-electron chi connectivity index (χ2n) is 8.68. The average molecular weight is 493 g/mol. The summed E-state index contributed by atoms with van der Waals surface area (Å²) < 4.78 is 11.7. The van der Waals surface area contributed by atoms with E-state index in [1.807, 2.05) is 12.1 Å². The average Bonchev–Trinajstić information content (AvgIpc) is 2.89. The number of aromatic nitrogens is 2. The molecule has 36 heavy (non-hydrogen) atoms. The van der Waals surface area contributed by atoms with Crippen LogP contribution in [0, 0.1) is 10.1 Å². The van der Waals surface area contributed by atoms with Crippen LogP contribution in [0.2, 0.25) is 0 Å². The number of hydrogen-bond acceptors (Lipinski definition) is 8. The number of carbonyl (C=O) groups excluding carboxylic acids is 1. The van der Waals surface area contributed by atoms with Gasteiger partial charge < -0.3 is 9.47 Å². The summed E-state index contributed by atoms with van der Waals surface area (Å²) in [6, 6.07) is 11.4. The lowest BCUT2D eigenvalue weighted by atomic mass is 9.88. The molecular weight excluding hydrogens is 464 g/mol. The first-order chi connectivity index (χ1) is 17.4. The van der Waals surface area contributed by atoms with Gasteiger partial charge in [0.05, 0.1) is 28.6 Å². The predicted octanol–water partition coefficient (Wildman–Crippen LogP) is 4.57. The Labute approximate surface area is 207 Å². The van der Waals surface area contributed by atoms with Gasteiger partial charge in [0.25, 0.3) is 5.56 Å². The lowest BCUT2D eigenvalue weighted by Gasteiger charge is -2.22. The molecule has 188 valence electrons. The summed E-state index contributed by atoms with van der Waals surface area (Å²) in [5.74, 6) is 0.0380. The molecule has 0 N–H and O–H groups in total. The van der Waals surface area contributed by atoms with Crippen LogP contribution in [0.4, 0.5) is 5.69 Å².